The molecule has 1 aromatic heterocycles. The van der Waals surface area contributed by atoms with Gasteiger partial charge in [0.25, 0.3) is 0 Å². The number of amides is 1. The lowest BCUT2D eigenvalue weighted by Crippen LogP contribution is -2.34. The zero-order valence-corrected chi connectivity index (χ0v) is 15.1. The minimum Gasteiger partial charge on any atom is -0.494 e. The Bertz CT molecular complexity index is 867. The molecule has 0 bridgehead atoms. The smallest absolute Gasteiger partial charge is 0.343 e. The van der Waals surface area contributed by atoms with Crippen molar-refractivity contribution in [1.29, 1.82) is 0 Å². The number of nitrogens with zero attached hydrogens (tertiary/aromatic N) is 3. The number of aromatic nitrogens is 1. The third kappa shape index (κ3) is 3.71. The molecule has 0 atom stereocenters. The summed E-state index contributed by atoms with van der Waals surface area (Å²) in [5.41, 5.74) is 0.254. The molecule has 2 heterocycles. The molecule has 0 aliphatic carbocycles. The van der Waals surface area contributed by atoms with Crippen molar-refractivity contribution in [2.45, 2.75) is 13.3 Å². The van der Waals surface area contributed by atoms with Crippen LogP contribution in [0.3, 0.4) is 0 Å². The molecular weight excluding hydrogens is 357 g/mol. The Balaban J connectivity index is 1.97. The van der Waals surface area contributed by atoms with Crippen molar-refractivity contribution >= 4 is 17.7 Å². The van der Waals surface area contributed by atoms with E-state index in [2.05, 4.69) is 5.16 Å². The summed E-state index contributed by atoms with van der Waals surface area (Å²) in [4.78, 5) is 27.0. The molecule has 0 saturated carbocycles. The van der Waals surface area contributed by atoms with Crippen LogP contribution in [-0.2, 0) is 4.79 Å². The van der Waals surface area contributed by atoms with Crippen LogP contribution in [0.1, 0.15) is 23.7 Å². The number of carbonyl (C=O) groups excluding carboxylic acids is 1. The first-order chi connectivity index (χ1) is 12.9. The lowest BCUT2D eigenvalue weighted by atomic mass is 10.1. The second-order valence-corrected chi connectivity index (χ2v) is 6.21. The van der Waals surface area contributed by atoms with Gasteiger partial charge in [-0.3, -0.25) is 4.79 Å². The van der Waals surface area contributed by atoms with E-state index in [0.29, 0.717) is 38.2 Å². The Morgan fingerprint density at radius 2 is 2.04 bits per heavy atom. The van der Waals surface area contributed by atoms with Gasteiger partial charge in [0.2, 0.25) is 5.91 Å². The Hall–Kier alpha value is -3.10. The second-order valence-electron chi connectivity index (χ2n) is 6.21. The van der Waals surface area contributed by atoms with Gasteiger partial charge in [-0.2, -0.15) is 0 Å². The van der Waals surface area contributed by atoms with E-state index in [1.165, 1.54) is 32.2 Å². The van der Waals surface area contributed by atoms with Crippen LogP contribution in [0.5, 0.6) is 5.75 Å². The van der Waals surface area contributed by atoms with Crippen molar-refractivity contribution in [3.05, 3.63) is 29.6 Å². The predicted molar refractivity (Wildman–Crippen MR) is 94.5 cm³/mol. The number of carboxylic acids is 1. The van der Waals surface area contributed by atoms with Gasteiger partial charge < -0.3 is 24.2 Å². The van der Waals surface area contributed by atoms with Gasteiger partial charge in [-0.15, -0.1) is 0 Å². The molecule has 1 fully saturated rings. The highest BCUT2D eigenvalue weighted by Crippen LogP contribution is 2.34. The van der Waals surface area contributed by atoms with Gasteiger partial charge >= 0.3 is 5.97 Å². The van der Waals surface area contributed by atoms with Crippen LogP contribution in [0, 0.1) is 5.82 Å². The van der Waals surface area contributed by atoms with Gasteiger partial charge in [0.05, 0.1) is 7.11 Å². The van der Waals surface area contributed by atoms with Crippen LogP contribution < -0.4 is 9.64 Å². The number of hydrogen-bond donors (Lipinski definition) is 1. The van der Waals surface area contributed by atoms with Crippen molar-refractivity contribution in [2.24, 2.45) is 0 Å². The van der Waals surface area contributed by atoms with E-state index in [0.717, 1.165) is 0 Å². The van der Waals surface area contributed by atoms with Crippen LogP contribution in [0.25, 0.3) is 11.3 Å². The number of ether oxygens (including phenoxy) is 1. The molecule has 8 nitrogen and oxygen atoms in total. The average Bonchev–Trinajstić information content (AvgIpc) is 2.93. The van der Waals surface area contributed by atoms with Gasteiger partial charge in [-0.05, 0) is 24.6 Å². The summed E-state index contributed by atoms with van der Waals surface area (Å²) in [5, 5.41) is 13.7. The number of carbonyl (C=O) groups is 2. The Morgan fingerprint density at radius 3 is 2.70 bits per heavy atom. The zero-order valence-electron chi connectivity index (χ0n) is 15.1. The Kier molecular flexibility index (Phi) is 5.29. The first-order valence-corrected chi connectivity index (χ1v) is 8.49. The quantitative estimate of drug-likeness (QED) is 0.873. The number of benzene rings is 1. The van der Waals surface area contributed by atoms with E-state index < -0.39 is 11.8 Å². The molecule has 27 heavy (non-hydrogen) atoms. The van der Waals surface area contributed by atoms with Crippen molar-refractivity contribution < 1.29 is 28.3 Å². The molecule has 1 saturated heterocycles. The predicted octanol–water partition coefficient (Wildman–Crippen LogP) is 2.25. The molecule has 1 aliphatic heterocycles. The number of anilines is 1. The SMILES string of the molecule is COc1cc(-c2onc(N3CCCN(C(C)=O)CC3)c2C(=O)O)ccc1F. The maximum atomic E-state index is 13.7. The van der Waals surface area contributed by atoms with E-state index >= 15 is 0 Å². The molecule has 1 amide bonds. The highest BCUT2D eigenvalue weighted by molar-refractivity contribution is 5.99. The molecule has 3 rings (SSSR count). The summed E-state index contributed by atoms with van der Waals surface area (Å²) in [6.07, 6.45) is 0.686. The summed E-state index contributed by atoms with van der Waals surface area (Å²) in [6, 6.07) is 3.96. The average molecular weight is 377 g/mol. The van der Waals surface area contributed by atoms with Crippen LogP contribution in [0.4, 0.5) is 10.2 Å². The van der Waals surface area contributed by atoms with Gasteiger partial charge in [-0.25, -0.2) is 9.18 Å². The fraction of sp³-hybridized carbons (Fsp3) is 0.389. The van der Waals surface area contributed by atoms with Crippen LogP contribution in [-0.4, -0.2) is 60.3 Å². The minimum absolute atomic E-state index is 0.0189. The van der Waals surface area contributed by atoms with Crippen molar-refractivity contribution in [2.75, 3.05) is 38.2 Å². The lowest BCUT2D eigenvalue weighted by Gasteiger charge is -2.21. The number of halogens is 1. The summed E-state index contributed by atoms with van der Waals surface area (Å²) >= 11 is 0. The maximum absolute atomic E-state index is 13.7. The first kappa shape index (κ1) is 18.7. The largest absolute Gasteiger partial charge is 0.494 e. The lowest BCUT2D eigenvalue weighted by molar-refractivity contribution is -0.128. The summed E-state index contributed by atoms with van der Waals surface area (Å²) in [6.45, 7) is 3.57. The fourth-order valence-corrected chi connectivity index (χ4v) is 3.13. The van der Waals surface area contributed by atoms with Crippen molar-refractivity contribution in [3.8, 4) is 17.1 Å². The summed E-state index contributed by atoms with van der Waals surface area (Å²) < 4.78 is 23.9. The second kappa shape index (κ2) is 7.65. The maximum Gasteiger partial charge on any atom is 0.343 e. The standard InChI is InChI=1S/C18H20FN3O5/c1-11(23)21-6-3-7-22(9-8-21)17-15(18(24)25)16(27-20-17)12-4-5-13(19)14(10-12)26-2/h4-5,10H,3,6-9H2,1-2H3,(H,24,25). The summed E-state index contributed by atoms with van der Waals surface area (Å²) in [7, 11) is 1.32. The monoisotopic (exact) mass is 377 g/mol. The molecule has 0 radical (unpaired) electrons. The highest BCUT2D eigenvalue weighted by atomic mass is 19.1. The topological polar surface area (TPSA) is 96.1 Å². The number of rotatable bonds is 4. The van der Waals surface area contributed by atoms with Crippen molar-refractivity contribution in [3.63, 3.8) is 0 Å². The van der Waals surface area contributed by atoms with E-state index in [9.17, 15) is 19.1 Å². The fourth-order valence-electron chi connectivity index (χ4n) is 3.13. The van der Waals surface area contributed by atoms with E-state index in [4.69, 9.17) is 9.26 Å². The molecule has 144 valence electrons. The zero-order chi connectivity index (χ0) is 19.6. The normalized spacial score (nSPS) is 14.8. The molecule has 1 N–H and O–H groups in total. The van der Waals surface area contributed by atoms with E-state index in [1.54, 1.807) is 9.80 Å². The molecule has 2 aromatic rings. The van der Waals surface area contributed by atoms with Gasteiger partial charge in [0.15, 0.2) is 28.7 Å². The number of hydrogen-bond acceptors (Lipinski definition) is 6. The first-order valence-electron chi connectivity index (χ1n) is 8.49. The molecule has 1 aromatic carbocycles. The number of carboxylic acid groups (broad SMARTS) is 1. The minimum atomic E-state index is -1.20. The molecule has 0 unspecified atom stereocenters. The Morgan fingerprint density at radius 1 is 1.26 bits per heavy atom. The van der Waals surface area contributed by atoms with Crippen LogP contribution in [0.15, 0.2) is 22.7 Å². The molecular formula is C18H20FN3O5. The third-order valence-electron chi connectivity index (χ3n) is 4.54. The van der Waals surface area contributed by atoms with Gasteiger partial charge in [0, 0.05) is 38.7 Å². The van der Waals surface area contributed by atoms with Crippen LogP contribution in [0.2, 0.25) is 0 Å². The van der Waals surface area contributed by atoms with E-state index in [-0.39, 0.29) is 28.8 Å². The van der Waals surface area contributed by atoms with Gasteiger partial charge in [0.1, 0.15) is 0 Å². The molecule has 0 spiro atoms. The molecule has 1 aliphatic rings. The third-order valence-corrected chi connectivity index (χ3v) is 4.54. The van der Waals surface area contributed by atoms with Crippen LogP contribution >= 0.6 is 0 Å². The summed E-state index contributed by atoms with van der Waals surface area (Å²) in [5.74, 6) is -1.56. The Labute approximate surface area is 155 Å². The van der Waals surface area contributed by atoms with Gasteiger partial charge in [-0.1, -0.05) is 5.16 Å². The number of methoxy groups -OCH3 is 1. The van der Waals surface area contributed by atoms with Crippen molar-refractivity contribution in [1.82, 2.24) is 10.1 Å². The molecule has 9 heteroatoms. The highest BCUT2D eigenvalue weighted by Gasteiger charge is 2.29. The number of aromatic carboxylic acids is 1. The van der Waals surface area contributed by atoms with E-state index in [1.807, 2.05) is 0 Å².